The molecule has 0 amide bonds. The van der Waals surface area contributed by atoms with Gasteiger partial charge < -0.3 is 14.8 Å². The Morgan fingerprint density at radius 1 is 0.926 bits per heavy atom. The summed E-state index contributed by atoms with van der Waals surface area (Å²) in [5.41, 5.74) is 1.14. The van der Waals surface area contributed by atoms with Gasteiger partial charge in [0.25, 0.3) is 0 Å². The number of halogens is 1. The molecule has 4 nitrogen and oxygen atoms in total. The molecule has 5 heteroatoms. The summed E-state index contributed by atoms with van der Waals surface area (Å²) < 4.78 is 11.6. The standard InChI is InChI=1S/C22H22BrNO3/c1-15(2)13-24-14-16-3-8-20(9-4-16)26-22(25)27-21-10-6-17-11-19(23)7-5-18(17)12-21/h3-12,15,24H,13-14H2,1-2H3. The van der Waals surface area contributed by atoms with Gasteiger partial charge in [-0.3, -0.25) is 0 Å². The quantitative estimate of drug-likeness (QED) is 0.391. The molecule has 0 spiro atoms. The second-order valence-corrected chi connectivity index (χ2v) is 7.69. The van der Waals surface area contributed by atoms with Gasteiger partial charge in [0.1, 0.15) is 11.5 Å². The van der Waals surface area contributed by atoms with Crippen molar-refractivity contribution in [3.05, 3.63) is 70.7 Å². The van der Waals surface area contributed by atoms with Crippen LogP contribution in [0.15, 0.2) is 65.1 Å². The number of benzene rings is 3. The summed E-state index contributed by atoms with van der Waals surface area (Å²) >= 11 is 3.44. The third-order valence-corrected chi connectivity index (χ3v) is 4.47. The normalized spacial score (nSPS) is 11.0. The van der Waals surface area contributed by atoms with Crippen LogP contribution < -0.4 is 14.8 Å². The Morgan fingerprint density at radius 2 is 1.56 bits per heavy atom. The number of rotatable bonds is 6. The van der Waals surface area contributed by atoms with Gasteiger partial charge in [-0.15, -0.1) is 0 Å². The minimum absolute atomic E-state index is 0.448. The van der Waals surface area contributed by atoms with Gasteiger partial charge in [-0.2, -0.15) is 0 Å². The molecule has 0 heterocycles. The largest absolute Gasteiger partial charge is 0.519 e. The van der Waals surface area contributed by atoms with Crippen LogP contribution in [0.2, 0.25) is 0 Å². The highest BCUT2D eigenvalue weighted by Crippen LogP contribution is 2.24. The molecule has 0 fully saturated rings. The van der Waals surface area contributed by atoms with E-state index in [1.807, 2.05) is 42.5 Å². The molecule has 0 atom stereocenters. The van der Waals surface area contributed by atoms with Gasteiger partial charge in [0.15, 0.2) is 0 Å². The highest BCUT2D eigenvalue weighted by molar-refractivity contribution is 9.10. The van der Waals surface area contributed by atoms with Gasteiger partial charge in [0.2, 0.25) is 0 Å². The van der Waals surface area contributed by atoms with Gasteiger partial charge in [0.05, 0.1) is 0 Å². The molecule has 1 N–H and O–H groups in total. The number of nitrogens with one attached hydrogen (secondary N) is 1. The molecular weight excluding hydrogens is 406 g/mol. The van der Waals surface area contributed by atoms with Crippen molar-refractivity contribution in [3.63, 3.8) is 0 Å². The predicted molar refractivity (Wildman–Crippen MR) is 111 cm³/mol. The highest BCUT2D eigenvalue weighted by Gasteiger charge is 2.09. The predicted octanol–water partition coefficient (Wildman–Crippen LogP) is 5.93. The Hall–Kier alpha value is -2.37. The van der Waals surface area contributed by atoms with E-state index in [1.54, 1.807) is 18.2 Å². The molecule has 0 aliphatic heterocycles. The van der Waals surface area contributed by atoms with Crippen molar-refractivity contribution in [2.24, 2.45) is 5.92 Å². The average Bonchev–Trinajstić information content (AvgIpc) is 2.63. The Balaban J connectivity index is 1.56. The van der Waals surface area contributed by atoms with Gasteiger partial charge in [0, 0.05) is 11.0 Å². The van der Waals surface area contributed by atoms with Crippen molar-refractivity contribution >= 4 is 32.9 Å². The summed E-state index contributed by atoms with van der Waals surface area (Å²) in [7, 11) is 0. The molecule has 0 aliphatic carbocycles. The van der Waals surface area contributed by atoms with Crippen molar-refractivity contribution in [3.8, 4) is 11.5 Å². The molecular formula is C22H22BrNO3. The SMILES string of the molecule is CC(C)CNCc1ccc(OC(=O)Oc2ccc3cc(Br)ccc3c2)cc1. The van der Waals surface area contributed by atoms with E-state index in [9.17, 15) is 4.79 Å². The lowest BCUT2D eigenvalue weighted by Crippen LogP contribution is -2.19. The van der Waals surface area contributed by atoms with Gasteiger partial charge in [-0.25, -0.2) is 4.79 Å². The van der Waals surface area contributed by atoms with E-state index in [0.29, 0.717) is 17.4 Å². The third kappa shape index (κ3) is 5.81. The fourth-order valence-corrected chi connectivity index (χ4v) is 3.03. The van der Waals surface area contributed by atoms with Gasteiger partial charge in [-0.05, 0) is 65.2 Å². The molecule has 0 aromatic heterocycles. The molecule has 140 valence electrons. The molecule has 3 rings (SSSR count). The summed E-state index contributed by atoms with van der Waals surface area (Å²) in [5.74, 6) is 1.51. The van der Waals surface area contributed by atoms with Crippen molar-refractivity contribution in [1.82, 2.24) is 5.32 Å². The van der Waals surface area contributed by atoms with Crippen LogP contribution >= 0.6 is 15.9 Å². The summed E-state index contributed by atoms with van der Waals surface area (Å²) in [4.78, 5) is 12.0. The first-order chi connectivity index (χ1) is 13.0. The minimum Gasteiger partial charge on any atom is -0.395 e. The maximum atomic E-state index is 12.0. The van der Waals surface area contributed by atoms with Crippen molar-refractivity contribution in [1.29, 1.82) is 0 Å². The van der Waals surface area contributed by atoms with Crippen molar-refractivity contribution < 1.29 is 14.3 Å². The van der Waals surface area contributed by atoms with Crippen LogP contribution in [0.4, 0.5) is 4.79 Å². The van der Waals surface area contributed by atoms with Gasteiger partial charge >= 0.3 is 6.16 Å². The number of hydrogen-bond donors (Lipinski definition) is 1. The van der Waals surface area contributed by atoms with Crippen LogP contribution in [-0.4, -0.2) is 12.7 Å². The lowest BCUT2D eigenvalue weighted by atomic mass is 10.1. The molecule has 3 aromatic carbocycles. The molecule has 3 aromatic rings. The summed E-state index contributed by atoms with van der Waals surface area (Å²) in [6.45, 7) is 6.09. The maximum absolute atomic E-state index is 12.0. The fraction of sp³-hybridized carbons (Fsp3) is 0.227. The molecule has 0 bridgehead atoms. The molecule has 0 unspecified atom stereocenters. The molecule has 0 radical (unpaired) electrons. The van der Waals surface area contributed by atoms with Crippen molar-refractivity contribution in [2.75, 3.05) is 6.54 Å². The zero-order valence-electron chi connectivity index (χ0n) is 15.4. The van der Waals surface area contributed by atoms with Crippen LogP contribution in [0, 0.1) is 5.92 Å². The number of ether oxygens (including phenoxy) is 2. The Bertz CT molecular complexity index is 922. The van der Waals surface area contributed by atoms with Crippen LogP contribution in [0.5, 0.6) is 11.5 Å². The van der Waals surface area contributed by atoms with E-state index < -0.39 is 6.16 Å². The smallest absolute Gasteiger partial charge is 0.395 e. The monoisotopic (exact) mass is 427 g/mol. The first-order valence-corrected chi connectivity index (χ1v) is 9.67. The molecule has 27 heavy (non-hydrogen) atoms. The first-order valence-electron chi connectivity index (χ1n) is 8.88. The van der Waals surface area contributed by atoms with E-state index in [0.717, 1.165) is 33.9 Å². The van der Waals surface area contributed by atoms with Crippen LogP contribution in [-0.2, 0) is 6.54 Å². The van der Waals surface area contributed by atoms with Crippen molar-refractivity contribution in [2.45, 2.75) is 20.4 Å². The van der Waals surface area contributed by atoms with Crippen LogP contribution in [0.1, 0.15) is 19.4 Å². The first kappa shape index (κ1) is 19.4. The van der Waals surface area contributed by atoms with Crippen LogP contribution in [0.25, 0.3) is 10.8 Å². The van der Waals surface area contributed by atoms with E-state index in [2.05, 4.69) is 35.1 Å². The Kier molecular flexibility index (Phi) is 6.48. The fourth-order valence-electron chi connectivity index (χ4n) is 2.65. The zero-order chi connectivity index (χ0) is 19.2. The molecule has 0 saturated carbocycles. The Morgan fingerprint density at radius 3 is 2.30 bits per heavy atom. The zero-order valence-corrected chi connectivity index (χ0v) is 17.0. The van der Waals surface area contributed by atoms with E-state index >= 15 is 0 Å². The lowest BCUT2D eigenvalue weighted by Gasteiger charge is -2.09. The second-order valence-electron chi connectivity index (χ2n) is 6.78. The van der Waals surface area contributed by atoms with Crippen LogP contribution in [0.3, 0.4) is 0 Å². The highest BCUT2D eigenvalue weighted by atomic mass is 79.9. The second kappa shape index (κ2) is 9.02. The number of carbonyl (C=O) groups excluding carboxylic acids is 1. The topological polar surface area (TPSA) is 47.6 Å². The summed E-state index contributed by atoms with van der Waals surface area (Å²) in [5, 5.41) is 5.43. The van der Waals surface area contributed by atoms with Gasteiger partial charge in [-0.1, -0.05) is 54.0 Å². The summed E-state index contributed by atoms with van der Waals surface area (Å²) in [6.07, 6.45) is -0.753. The average molecular weight is 428 g/mol. The van der Waals surface area contributed by atoms with E-state index in [-0.39, 0.29) is 0 Å². The number of carbonyl (C=O) groups is 1. The maximum Gasteiger partial charge on any atom is 0.519 e. The number of hydrogen-bond acceptors (Lipinski definition) is 4. The molecule has 0 aliphatic rings. The third-order valence-electron chi connectivity index (χ3n) is 3.98. The number of fused-ring (bicyclic) bond motifs is 1. The summed E-state index contributed by atoms with van der Waals surface area (Å²) in [6, 6.07) is 18.8. The Labute approximate surface area is 167 Å². The minimum atomic E-state index is -0.753. The van der Waals surface area contributed by atoms with E-state index in [1.165, 1.54) is 0 Å². The molecule has 0 saturated heterocycles. The van der Waals surface area contributed by atoms with E-state index in [4.69, 9.17) is 9.47 Å². The lowest BCUT2D eigenvalue weighted by molar-refractivity contribution is 0.152.